The van der Waals surface area contributed by atoms with Crippen LogP contribution in [-0.4, -0.2) is 13.5 Å². The van der Waals surface area contributed by atoms with Crippen molar-refractivity contribution in [3.8, 4) is 11.5 Å². The maximum Gasteiger partial charge on any atom is 1.00 e. The predicted octanol–water partition coefficient (Wildman–Crippen LogP) is -2.91. The van der Waals surface area contributed by atoms with Crippen molar-refractivity contribution in [1.29, 1.82) is 0 Å². The van der Waals surface area contributed by atoms with Gasteiger partial charge in [-0.1, -0.05) is 0 Å². The molecule has 0 bridgehead atoms. The summed E-state index contributed by atoms with van der Waals surface area (Å²) in [5.41, 5.74) is 0. The summed E-state index contributed by atoms with van der Waals surface area (Å²) < 4.78 is 25.1. The third-order valence-electron chi connectivity index (χ3n) is 1.05. The summed E-state index contributed by atoms with van der Waals surface area (Å²) in [5, 5.41) is 13.4. The number of rotatable bonds is 2. The van der Waals surface area contributed by atoms with Crippen molar-refractivity contribution < 1.29 is 70.5 Å². The van der Waals surface area contributed by atoms with Gasteiger partial charge in [-0.3, -0.25) is 0 Å². The summed E-state index contributed by atoms with van der Waals surface area (Å²) in [5.74, 6) is 0.0899. The third kappa shape index (κ3) is 5.63. The maximum absolute atomic E-state index is 10.4. The molecule has 0 atom stereocenters. The minimum Gasteiger partial charge on any atom is -1.00 e. The number of aromatic hydroxyl groups is 1. The molecule has 5 nitrogen and oxygen atoms in total. The molecule has 0 saturated carbocycles. The zero-order valence-electron chi connectivity index (χ0n) is 7.97. The normalized spacial score (nSPS) is 10.2. The van der Waals surface area contributed by atoms with Crippen molar-refractivity contribution in [3.63, 3.8) is 0 Å². The van der Waals surface area contributed by atoms with Crippen LogP contribution < -0.4 is 60.7 Å². The summed E-state index contributed by atoms with van der Waals surface area (Å²) in [7, 11) is -3.97. The largest absolute Gasteiger partial charge is 1.00 e. The van der Waals surface area contributed by atoms with Crippen molar-refractivity contribution in [3.05, 3.63) is 24.3 Å². The number of hydrogen-bond acceptors (Lipinski definition) is 4. The fourth-order valence-corrected chi connectivity index (χ4v) is 1.02. The second kappa shape index (κ2) is 5.30. The minimum atomic E-state index is -3.97. The summed E-state index contributed by atoms with van der Waals surface area (Å²) in [6, 6.07) is 5.17. The third-order valence-corrected chi connectivity index (χ3v) is 1.47. The number of benzene rings is 1. The van der Waals surface area contributed by atoms with E-state index in [4.69, 9.17) is 5.11 Å². The molecule has 13 heavy (non-hydrogen) atoms. The van der Waals surface area contributed by atoms with Crippen LogP contribution in [0.25, 0.3) is 0 Å². The summed E-state index contributed by atoms with van der Waals surface area (Å²) in [4.78, 5) is 0. The first-order valence-corrected chi connectivity index (χ1v) is 4.46. The van der Waals surface area contributed by atoms with E-state index in [0.29, 0.717) is 0 Å². The fourth-order valence-electron chi connectivity index (χ4n) is 0.636. The van der Waals surface area contributed by atoms with E-state index in [2.05, 4.69) is 9.32 Å². The Balaban J connectivity index is 0. The van der Waals surface area contributed by atoms with E-state index in [9.17, 15) is 8.42 Å². The number of phenolic OH excluding ortho intramolecular Hbond substituents is 1. The van der Waals surface area contributed by atoms with E-state index < -0.39 is 10.3 Å². The van der Waals surface area contributed by atoms with Gasteiger partial charge in [-0.2, -0.15) is 13.6 Å². The van der Waals surface area contributed by atoms with Gasteiger partial charge >= 0.3 is 61.7 Å². The molecule has 0 amide bonds. The van der Waals surface area contributed by atoms with Gasteiger partial charge in [0.05, 0.1) is 0 Å². The van der Waals surface area contributed by atoms with Gasteiger partial charge in [0.25, 0.3) is 0 Å². The molecule has 0 unspecified atom stereocenters. The number of nitrogens with two attached hydrogens (primary N) is 1. The van der Waals surface area contributed by atoms with Crippen molar-refractivity contribution >= 4 is 10.3 Å². The Bertz CT molecular complexity index is 366. The second-order valence-corrected chi connectivity index (χ2v) is 3.22. The Morgan fingerprint density at radius 3 is 2.15 bits per heavy atom. The summed E-state index contributed by atoms with van der Waals surface area (Å²) in [6.07, 6.45) is 0. The van der Waals surface area contributed by atoms with Gasteiger partial charge in [-0.15, -0.1) is 0 Å². The molecule has 68 valence electrons. The zero-order valence-corrected chi connectivity index (χ0v) is 10.9. The standard InChI is InChI=1S/C6H7NO4S.K.H/c7-12(9,10)11-6-3-1-5(8)2-4-6;;/h1-4,8H,(H2,7,9,10);;/q;+1;-1. The van der Waals surface area contributed by atoms with Gasteiger partial charge in [0.1, 0.15) is 11.5 Å². The van der Waals surface area contributed by atoms with E-state index in [-0.39, 0.29) is 64.3 Å². The van der Waals surface area contributed by atoms with Crippen molar-refractivity contribution in [2.45, 2.75) is 0 Å². The van der Waals surface area contributed by atoms with Crippen LogP contribution in [0.4, 0.5) is 0 Å². The summed E-state index contributed by atoms with van der Waals surface area (Å²) >= 11 is 0. The molecule has 0 fully saturated rings. The monoisotopic (exact) mass is 229 g/mol. The Labute approximate surface area is 120 Å². The van der Waals surface area contributed by atoms with E-state index in [1.807, 2.05) is 0 Å². The van der Waals surface area contributed by atoms with Crippen LogP contribution in [0.15, 0.2) is 24.3 Å². The predicted molar refractivity (Wildman–Crippen MR) is 43.0 cm³/mol. The van der Waals surface area contributed by atoms with E-state index >= 15 is 0 Å². The Kier molecular flexibility index (Phi) is 5.45. The Morgan fingerprint density at radius 2 is 1.77 bits per heavy atom. The van der Waals surface area contributed by atoms with Crippen LogP contribution in [0.2, 0.25) is 0 Å². The summed E-state index contributed by atoms with van der Waals surface area (Å²) in [6.45, 7) is 0. The molecule has 0 aromatic heterocycles. The first-order chi connectivity index (χ1) is 5.47. The van der Waals surface area contributed by atoms with Gasteiger partial charge in [0.2, 0.25) is 0 Å². The van der Waals surface area contributed by atoms with Crippen LogP contribution in [0.3, 0.4) is 0 Å². The second-order valence-electron chi connectivity index (χ2n) is 2.07. The first kappa shape index (κ1) is 13.4. The average Bonchev–Trinajstić information content (AvgIpc) is 1.91. The zero-order chi connectivity index (χ0) is 9.19. The van der Waals surface area contributed by atoms with Crippen molar-refractivity contribution in [2.75, 3.05) is 0 Å². The van der Waals surface area contributed by atoms with Crippen LogP contribution in [0, 0.1) is 0 Å². The quantitative estimate of drug-likeness (QED) is 0.532. The van der Waals surface area contributed by atoms with Gasteiger partial charge in [-0.05, 0) is 24.3 Å². The molecule has 0 aliphatic carbocycles. The molecule has 0 radical (unpaired) electrons. The van der Waals surface area contributed by atoms with Crippen molar-refractivity contribution in [1.82, 2.24) is 0 Å². The van der Waals surface area contributed by atoms with Gasteiger partial charge in [0, 0.05) is 0 Å². The molecule has 7 heteroatoms. The molecule has 0 heterocycles. The molecule has 0 aliphatic heterocycles. The number of hydrogen-bond donors (Lipinski definition) is 2. The van der Waals surface area contributed by atoms with E-state index in [1.165, 1.54) is 24.3 Å². The molecule has 0 saturated heterocycles. The molecule has 1 aromatic rings. The molecule has 0 aliphatic rings. The maximum atomic E-state index is 10.4. The van der Waals surface area contributed by atoms with E-state index in [1.54, 1.807) is 0 Å². The molecule has 1 rings (SSSR count). The number of phenols is 1. The van der Waals surface area contributed by atoms with Gasteiger partial charge in [0.15, 0.2) is 0 Å². The average molecular weight is 229 g/mol. The van der Waals surface area contributed by atoms with Crippen LogP contribution in [0.1, 0.15) is 1.43 Å². The molecular formula is C6H8KNO4S. The Morgan fingerprint density at radius 1 is 1.31 bits per heavy atom. The molecular weight excluding hydrogens is 221 g/mol. The fraction of sp³-hybridized carbons (Fsp3) is 0. The van der Waals surface area contributed by atoms with E-state index in [0.717, 1.165) is 0 Å². The van der Waals surface area contributed by atoms with Gasteiger partial charge in [-0.25, -0.2) is 0 Å². The van der Waals surface area contributed by atoms with Crippen LogP contribution >= 0.6 is 0 Å². The minimum absolute atomic E-state index is 0. The molecule has 1 aromatic carbocycles. The molecule has 3 N–H and O–H groups in total. The van der Waals surface area contributed by atoms with Crippen molar-refractivity contribution in [2.24, 2.45) is 5.14 Å². The van der Waals surface area contributed by atoms with Crippen LogP contribution in [-0.2, 0) is 10.3 Å². The molecule has 0 spiro atoms. The Hall–Kier alpha value is 0.366. The smallest absolute Gasteiger partial charge is 1.00 e. The topological polar surface area (TPSA) is 89.6 Å². The van der Waals surface area contributed by atoms with Crippen LogP contribution in [0.5, 0.6) is 11.5 Å². The first-order valence-electron chi connectivity index (χ1n) is 2.98. The SMILES string of the molecule is NS(=O)(=O)Oc1ccc(O)cc1.[H-].[K+]. The van der Waals surface area contributed by atoms with Gasteiger partial charge < -0.3 is 10.7 Å².